The quantitative estimate of drug-likeness (QED) is 0.152. The van der Waals surface area contributed by atoms with Gasteiger partial charge in [-0.05, 0) is 128 Å². The maximum absolute atomic E-state index is 2.68. The van der Waals surface area contributed by atoms with Crippen molar-refractivity contribution < 1.29 is 0 Å². The van der Waals surface area contributed by atoms with Gasteiger partial charge in [0.25, 0.3) is 0 Å². The lowest BCUT2D eigenvalue weighted by molar-refractivity contribution is 0.628. The Morgan fingerprint density at radius 1 is 0.661 bits per heavy atom. The van der Waals surface area contributed by atoms with Gasteiger partial charge in [-0.15, -0.1) is 0 Å². The van der Waals surface area contributed by atoms with Crippen LogP contribution in [-0.4, -0.2) is 10.4 Å². The molecule has 3 unspecified atom stereocenters. The molecular formula is C58H48N4. The van der Waals surface area contributed by atoms with E-state index in [9.17, 15) is 0 Å². The van der Waals surface area contributed by atoms with E-state index in [1.807, 2.05) is 0 Å². The molecule has 2 aliphatic heterocycles. The molecule has 0 N–H and O–H groups in total. The highest BCUT2D eigenvalue weighted by atomic mass is 15.3. The standard InChI is InChI=1S/C58H48N4/c1-3-37-23-27-41(28-24-37)59(39-15-7-5-8-16-39)51-33-31-43-47-35-54-48(36-53(47)61-49-21-13-11-19-45(49)55(51)57(43)61)44-32-34-52(56-46-20-12-14-22-50(46)62(54)58(44)56)60(40-17-9-6-10-18-40)42-29-25-38(4-2)26-30-42/h5-11,13,15-25,27-36,38,55,57H,3-4,12,14,26H2,1-2H3. The van der Waals surface area contributed by atoms with Gasteiger partial charge in [-0.1, -0.05) is 117 Å². The van der Waals surface area contributed by atoms with Crippen molar-refractivity contribution in [1.29, 1.82) is 0 Å². The summed E-state index contributed by atoms with van der Waals surface area (Å²) in [5.41, 5.74) is 18.1. The van der Waals surface area contributed by atoms with Crippen LogP contribution in [0.4, 0.5) is 34.1 Å². The number of fused-ring (bicyclic) bond motifs is 12. The molecule has 3 aliphatic carbocycles. The van der Waals surface area contributed by atoms with Gasteiger partial charge in [-0.3, -0.25) is 0 Å². The molecule has 2 aromatic heterocycles. The average molecular weight is 801 g/mol. The first-order chi connectivity index (χ1) is 30.7. The summed E-state index contributed by atoms with van der Waals surface area (Å²) < 4.78 is 2.62. The second kappa shape index (κ2) is 13.7. The van der Waals surface area contributed by atoms with Gasteiger partial charge < -0.3 is 19.1 Å². The number of allylic oxidation sites excluding steroid dienone is 5. The molecule has 0 fully saturated rings. The Hall–Kier alpha value is -7.04. The fourth-order valence-electron chi connectivity index (χ4n) is 11.6. The molecule has 300 valence electrons. The number of anilines is 6. The molecule has 4 heterocycles. The number of hydrogen-bond acceptors (Lipinski definition) is 3. The molecule has 5 aliphatic rings. The normalized spacial score (nSPS) is 19.4. The summed E-state index contributed by atoms with van der Waals surface area (Å²) in [6.45, 7) is 4.52. The summed E-state index contributed by atoms with van der Waals surface area (Å²) in [6.07, 6.45) is 22.4. The van der Waals surface area contributed by atoms with Crippen molar-refractivity contribution in [3.8, 4) is 0 Å². The molecule has 6 aromatic carbocycles. The van der Waals surface area contributed by atoms with Crippen LogP contribution in [0.15, 0.2) is 175 Å². The Morgan fingerprint density at radius 2 is 1.40 bits per heavy atom. The van der Waals surface area contributed by atoms with Gasteiger partial charge in [0.15, 0.2) is 0 Å². The van der Waals surface area contributed by atoms with Gasteiger partial charge >= 0.3 is 0 Å². The third kappa shape index (κ3) is 5.01. The van der Waals surface area contributed by atoms with Crippen LogP contribution in [0.5, 0.6) is 0 Å². The number of aromatic nitrogens is 1. The average Bonchev–Trinajstić information content (AvgIpc) is 4.06. The Morgan fingerprint density at radius 3 is 2.16 bits per heavy atom. The highest BCUT2D eigenvalue weighted by Crippen LogP contribution is 2.61. The van der Waals surface area contributed by atoms with Crippen molar-refractivity contribution in [3.63, 3.8) is 0 Å². The van der Waals surface area contributed by atoms with E-state index in [2.05, 4.69) is 209 Å². The first kappa shape index (κ1) is 35.7. The molecule has 4 heteroatoms. The van der Waals surface area contributed by atoms with E-state index in [-0.39, 0.29) is 12.0 Å². The summed E-state index contributed by atoms with van der Waals surface area (Å²) >= 11 is 0. The zero-order chi connectivity index (χ0) is 41.1. The van der Waals surface area contributed by atoms with E-state index in [0.29, 0.717) is 5.92 Å². The van der Waals surface area contributed by atoms with Crippen molar-refractivity contribution in [1.82, 2.24) is 4.40 Å². The predicted octanol–water partition coefficient (Wildman–Crippen LogP) is 13.3. The minimum atomic E-state index is 0.156. The summed E-state index contributed by atoms with van der Waals surface area (Å²) in [7, 11) is 0. The van der Waals surface area contributed by atoms with Gasteiger partial charge in [0.2, 0.25) is 0 Å². The topological polar surface area (TPSA) is 14.1 Å². The summed E-state index contributed by atoms with van der Waals surface area (Å²) in [5, 5.41) is 6.69. The Balaban J connectivity index is 1.04. The Bertz CT molecular complexity index is 3370. The van der Waals surface area contributed by atoms with E-state index >= 15 is 0 Å². The first-order valence-corrected chi connectivity index (χ1v) is 22.7. The fraction of sp³-hybridized carbons (Fsp3) is 0.172. The molecule has 0 saturated heterocycles. The van der Waals surface area contributed by atoms with Gasteiger partial charge in [0, 0.05) is 66.4 Å². The highest BCUT2D eigenvalue weighted by molar-refractivity contribution is 6.20. The van der Waals surface area contributed by atoms with Crippen LogP contribution in [0.1, 0.15) is 62.1 Å². The van der Waals surface area contributed by atoms with E-state index in [4.69, 9.17) is 0 Å². The lowest BCUT2D eigenvalue weighted by Crippen LogP contribution is -2.33. The van der Waals surface area contributed by atoms with Crippen LogP contribution in [-0.2, 0) is 6.42 Å². The number of hydrogen-bond donors (Lipinski definition) is 0. The molecule has 0 bridgehead atoms. The van der Waals surface area contributed by atoms with Crippen molar-refractivity contribution in [2.45, 2.75) is 57.9 Å². The minimum Gasteiger partial charge on any atom is -0.332 e. The van der Waals surface area contributed by atoms with Gasteiger partial charge in [0.05, 0.1) is 34.4 Å². The van der Waals surface area contributed by atoms with Crippen LogP contribution in [0.25, 0.3) is 44.9 Å². The third-order valence-electron chi connectivity index (χ3n) is 14.5. The van der Waals surface area contributed by atoms with E-state index < -0.39 is 0 Å². The van der Waals surface area contributed by atoms with E-state index in [1.165, 1.54) is 106 Å². The monoisotopic (exact) mass is 800 g/mol. The van der Waals surface area contributed by atoms with Crippen LogP contribution in [0.3, 0.4) is 0 Å². The molecular weight excluding hydrogens is 753 g/mol. The number of nitrogens with zero attached hydrogens (tertiary/aromatic N) is 4. The molecule has 13 rings (SSSR count). The lowest BCUT2D eigenvalue weighted by atomic mass is 9.81. The third-order valence-corrected chi connectivity index (χ3v) is 14.5. The van der Waals surface area contributed by atoms with Crippen molar-refractivity contribution in [2.24, 2.45) is 5.92 Å². The van der Waals surface area contributed by atoms with Crippen LogP contribution in [0, 0.1) is 5.92 Å². The Kier molecular flexibility index (Phi) is 7.91. The molecule has 4 nitrogen and oxygen atoms in total. The molecule has 8 aromatic rings. The van der Waals surface area contributed by atoms with Gasteiger partial charge in [-0.2, -0.15) is 0 Å². The second-order valence-electron chi connectivity index (χ2n) is 17.7. The van der Waals surface area contributed by atoms with Gasteiger partial charge in [0.1, 0.15) is 0 Å². The van der Waals surface area contributed by atoms with Crippen molar-refractivity contribution in [3.05, 3.63) is 202 Å². The maximum Gasteiger partial charge on any atom is 0.0723 e. The fourth-order valence-corrected chi connectivity index (χ4v) is 11.6. The first-order valence-electron chi connectivity index (χ1n) is 22.7. The number of para-hydroxylation sites is 3. The summed E-state index contributed by atoms with van der Waals surface area (Å²) in [4.78, 5) is 7.69. The van der Waals surface area contributed by atoms with Crippen molar-refractivity contribution in [2.75, 3.05) is 14.7 Å². The smallest absolute Gasteiger partial charge is 0.0723 e. The SMILES string of the molecule is CCc1ccc(N(C2=CC=C3c4cc5c(cc4N4c6ccccc6C2C34)c2ccc(N(C3=CCC(CC)C=C3)c3ccccc3)c3c4c(n5c32)=CCCC=4)c2ccccc2)cc1. The molecule has 0 spiro atoms. The van der Waals surface area contributed by atoms with E-state index in [0.717, 1.165) is 32.1 Å². The second-order valence-corrected chi connectivity index (χ2v) is 17.7. The number of benzene rings is 6. The largest absolute Gasteiger partial charge is 0.332 e. The Labute approximate surface area is 363 Å². The van der Waals surface area contributed by atoms with Crippen molar-refractivity contribution >= 4 is 79.0 Å². The maximum atomic E-state index is 2.68. The molecule has 0 saturated carbocycles. The minimum absolute atomic E-state index is 0.156. The lowest BCUT2D eigenvalue weighted by Gasteiger charge is -2.36. The zero-order valence-corrected chi connectivity index (χ0v) is 35.3. The summed E-state index contributed by atoms with van der Waals surface area (Å²) in [5.74, 6) is 0.747. The van der Waals surface area contributed by atoms with Crippen LogP contribution >= 0.6 is 0 Å². The van der Waals surface area contributed by atoms with Crippen LogP contribution in [0.2, 0.25) is 0 Å². The predicted molar refractivity (Wildman–Crippen MR) is 261 cm³/mol. The van der Waals surface area contributed by atoms with Gasteiger partial charge in [-0.25, -0.2) is 0 Å². The number of rotatable bonds is 8. The van der Waals surface area contributed by atoms with E-state index in [1.54, 1.807) is 0 Å². The highest BCUT2D eigenvalue weighted by Gasteiger charge is 2.51. The summed E-state index contributed by atoms with van der Waals surface area (Å²) in [6, 6.07) is 50.3. The molecule has 0 radical (unpaired) electrons. The number of aryl methyl sites for hydroxylation is 1. The zero-order valence-electron chi connectivity index (χ0n) is 35.3. The molecule has 3 atom stereocenters. The molecule has 0 amide bonds. The van der Waals surface area contributed by atoms with Crippen LogP contribution < -0.4 is 25.3 Å². The molecule has 62 heavy (non-hydrogen) atoms.